The van der Waals surface area contributed by atoms with Crippen molar-refractivity contribution in [1.29, 1.82) is 0 Å². The van der Waals surface area contributed by atoms with Gasteiger partial charge in [-0.1, -0.05) is 70.4 Å². The Morgan fingerprint density at radius 1 is 0.650 bits per heavy atom. The lowest BCUT2D eigenvalue weighted by molar-refractivity contribution is 0.538. The van der Waals surface area contributed by atoms with Crippen molar-refractivity contribution in [2.45, 2.75) is 90.4 Å². The van der Waals surface area contributed by atoms with Crippen molar-refractivity contribution in [3.05, 3.63) is 12.2 Å². The molecule has 0 aromatic carbocycles. The first kappa shape index (κ1) is 19.7. The van der Waals surface area contributed by atoms with Crippen LogP contribution in [0.1, 0.15) is 90.4 Å². The van der Waals surface area contributed by atoms with Gasteiger partial charge in [-0.15, -0.1) is 0 Å². The minimum atomic E-state index is 1.09. The lowest BCUT2D eigenvalue weighted by Gasteiger charge is -2.02. The van der Waals surface area contributed by atoms with E-state index in [4.69, 9.17) is 0 Å². The molecular formula is C18H38N2. The molecule has 2 nitrogen and oxygen atoms in total. The summed E-state index contributed by atoms with van der Waals surface area (Å²) in [5.74, 6) is 0. The Morgan fingerprint density at radius 3 is 1.70 bits per heavy atom. The van der Waals surface area contributed by atoms with Gasteiger partial charge in [0.2, 0.25) is 0 Å². The van der Waals surface area contributed by atoms with Crippen LogP contribution in [0.3, 0.4) is 0 Å². The molecule has 0 rings (SSSR count). The number of hydrogen-bond donors (Lipinski definition) is 2. The zero-order chi connectivity index (χ0) is 14.7. The van der Waals surface area contributed by atoms with E-state index in [9.17, 15) is 0 Å². The molecule has 0 unspecified atom stereocenters. The van der Waals surface area contributed by atoms with Crippen molar-refractivity contribution in [2.24, 2.45) is 0 Å². The molecule has 2 N–H and O–H groups in total. The Bertz CT molecular complexity index is 190. The highest BCUT2D eigenvalue weighted by Crippen LogP contribution is 2.09. The summed E-state index contributed by atoms with van der Waals surface area (Å²) in [7, 11) is 1.93. The molecule has 0 heterocycles. The summed E-state index contributed by atoms with van der Waals surface area (Å²) in [6.07, 6.45) is 22.6. The molecule has 0 atom stereocenters. The van der Waals surface area contributed by atoms with Gasteiger partial charge in [0.25, 0.3) is 0 Å². The number of hydrogen-bond acceptors (Lipinski definition) is 2. The maximum Gasteiger partial charge on any atom is 0.00996 e. The fourth-order valence-corrected chi connectivity index (χ4v) is 2.41. The van der Waals surface area contributed by atoms with Gasteiger partial charge in [0.1, 0.15) is 0 Å². The normalized spacial score (nSPS) is 11.5. The number of hydrazine groups is 1. The predicted molar refractivity (Wildman–Crippen MR) is 91.9 cm³/mol. The van der Waals surface area contributed by atoms with Gasteiger partial charge in [0.05, 0.1) is 0 Å². The second kappa shape index (κ2) is 18.7. The molecule has 20 heavy (non-hydrogen) atoms. The highest BCUT2D eigenvalue weighted by Gasteiger charge is 1.90. The average Bonchev–Trinajstić information content (AvgIpc) is 2.47. The maximum atomic E-state index is 3.13. The van der Waals surface area contributed by atoms with Crippen LogP contribution in [-0.4, -0.2) is 13.6 Å². The number of allylic oxidation sites excluding steroid dienone is 2. The standard InChI is InChI=1S/C18H38N2/c1-3-4-5-6-7-8-9-10-11-12-13-14-15-16-17-18-20-19-2/h10-11,19-20H,3-9,12-18H2,1-2H3/b11-10-. The molecule has 0 aromatic rings. The van der Waals surface area contributed by atoms with Gasteiger partial charge in [-0.25, -0.2) is 0 Å². The quantitative estimate of drug-likeness (QED) is 0.226. The first-order valence-electron chi connectivity index (χ1n) is 8.96. The second-order valence-corrected chi connectivity index (χ2v) is 5.76. The Kier molecular flexibility index (Phi) is 18.3. The van der Waals surface area contributed by atoms with Crippen molar-refractivity contribution < 1.29 is 0 Å². The molecule has 0 bridgehead atoms. The number of rotatable bonds is 16. The molecule has 0 spiro atoms. The van der Waals surface area contributed by atoms with Gasteiger partial charge >= 0.3 is 0 Å². The monoisotopic (exact) mass is 282 g/mol. The van der Waals surface area contributed by atoms with Crippen LogP contribution in [0.25, 0.3) is 0 Å². The summed E-state index contributed by atoms with van der Waals surface area (Å²) >= 11 is 0. The summed E-state index contributed by atoms with van der Waals surface area (Å²) in [6.45, 7) is 3.37. The van der Waals surface area contributed by atoms with E-state index < -0.39 is 0 Å². The number of nitrogens with one attached hydrogen (secondary N) is 2. The molecule has 0 aliphatic rings. The van der Waals surface area contributed by atoms with Crippen LogP contribution in [-0.2, 0) is 0 Å². The van der Waals surface area contributed by atoms with Gasteiger partial charge in [0.15, 0.2) is 0 Å². The topological polar surface area (TPSA) is 24.1 Å². The van der Waals surface area contributed by atoms with E-state index in [1.54, 1.807) is 0 Å². The van der Waals surface area contributed by atoms with E-state index in [0.717, 1.165) is 6.54 Å². The molecule has 0 aromatic heterocycles. The van der Waals surface area contributed by atoms with Crippen molar-refractivity contribution in [1.82, 2.24) is 10.9 Å². The SMILES string of the molecule is CCCCCCCC/C=C\CCCCCCCNNC. The Balaban J connectivity index is 3.01. The van der Waals surface area contributed by atoms with Crippen LogP contribution >= 0.6 is 0 Å². The van der Waals surface area contributed by atoms with E-state index in [2.05, 4.69) is 29.9 Å². The third kappa shape index (κ3) is 17.7. The third-order valence-electron chi connectivity index (χ3n) is 3.74. The fourth-order valence-electron chi connectivity index (χ4n) is 2.41. The summed E-state index contributed by atoms with van der Waals surface area (Å²) in [5.41, 5.74) is 6.09. The minimum absolute atomic E-state index is 1.09. The fraction of sp³-hybridized carbons (Fsp3) is 0.889. The van der Waals surface area contributed by atoms with E-state index in [1.807, 2.05) is 7.05 Å². The molecular weight excluding hydrogens is 244 g/mol. The number of unbranched alkanes of at least 4 members (excludes halogenated alkanes) is 11. The predicted octanol–water partition coefficient (Wildman–Crippen LogP) is 5.36. The van der Waals surface area contributed by atoms with Gasteiger partial charge in [-0.3, -0.25) is 10.9 Å². The van der Waals surface area contributed by atoms with Crippen LogP contribution in [0.5, 0.6) is 0 Å². The molecule has 0 aliphatic carbocycles. The van der Waals surface area contributed by atoms with Crippen LogP contribution in [0, 0.1) is 0 Å². The van der Waals surface area contributed by atoms with Gasteiger partial charge in [0, 0.05) is 6.54 Å². The molecule has 0 radical (unpaired) electrons. The first-order chi connectivity index (χ1) is 9.91. The third-order valence-corrected chi connectivity index (χ3v) is 3.74. The van der Waals surface area contributed by atoms with Crippen LogP contribution in [0.2, 0.25) is 0 Å². The van der Waals surface area contributed by atoms with Crippen LogP contribution < -0.4 is 10.9 Å². The smallest absolute Gasteiger partial charge is 0.00996 e. The Labute approximate surface area is 127 Å². The summed E-state index contributed by atoms with van der Waals surface area (Å²) in [6, 6.07) is 0. The Hall–Kier alpha value is -0.340. The van der Waals surface area contributed by atoms with Crippen LogP contribution in [0.4, 0.5) is 0 Å². The zero-order valence-electron chi connectivity index (χ0n) is 14.1. The Morgan fingerprint density at radius 2 is 1.15 bits per heavy atom. The van der Waals surface area contributed by atoms with E-state index in [0.29, 0.717) is 0 Å². The van der Waals surface area contributed by atoms with Gasteiger partial charge in [-0.05, 0) is 39.2 Å². The lowest BCUT2D eigenvalue weighted by Crippen LogP contribution is -2.28. The van der Waals surface area contributed by atoms with Crippen molar-refractivity contribution in [3.63, 3.8) is 0 Å². The van der Waals surface area contributed by atoms with E-state index in [-0.39, 0.29) is 0 Å². The second-order valence-electron chi connectivity index (χ2n) is 5.76. The first-order valence-corrected chi connectivity index (χ1v) is 8.96. The summed E-state index contributed by atoms with van der Waals surface area (Å²) in [5, 5.41) is 0. The van der Waals surface area contributed by atoms with Crippen molar-refractivity contribution >= 4 is 0 Å². The maximum absolute atomic E-state index is 3.13. The van der Waals surface area contributed by atoms with Crippen molar-refractivity contribution in [2.75, 3.05) is 13.6 Å². The van der Waals surface area contributed by atoms with Gasteiger partial charge in [-0.2, -0.15) is 0 Å². The molecule has 0 fully saturated rings. The minimum Gasteiger partial charge on any atom is -0.261 e. The highest BCUT2D eigenvalue weighted by molar-refractivity contribution is 4.81. The van der Waals surface area contributed by atoms with Gasteiger partial charge < -0.3 is 0 Å². The van der Waals surface area contributed by atoms with Crippen LogP contribution in [0.15, 0.2) is 12.2 Å². The summed E-state index contributed by atoms with van der Waals surface area (Å²) in [4.78, 5) is 0. The van der Waals surface area contributed by atoms with E-state index in [1.165, 1.54) is 83.5 Å². The zero-order valence-corrected chi connectivity index (χ0v) is 14.1. The average molecular weight is 283 g/mol. The largest absolute Gasteiger partial charge is 0.261 e. The molecule has 0 saturated carbocycles. The molecule has 2 heteroatoms. The van der Waals surface area contributed by atoms with E-state index >= 15 is 0 Å². The molecule has 0 aliphatic heterocycles. The van der Waals surface area contributed by atoms with Crippen molar-refractivity contribution in [3.8, 4) is 0 Å². The highest BCUT2D eigenvalue weighted by atomic mass is 15.3. The lowest BCUT2D eigenvalue weighted by atomic mass is 10.1. The molecule has 120 valence electrons. The summed E-state index contributed by atoms with van der Waals surface area (Å²) < 4.78 is 0. The molecule has 0 amide bonds. The molecule has 0 saturated heterocycles.